The minimum absolute atomic E-state index is 0.112. The molecule has 0 saturated heterocycles. The van der Waals surface area contributed by atoms with E-state index >= 15 is 0 Å². The molecule has 0 radical (unpaired) electrons. The molecule has 0 aromatic heterocycles. The summed E-state index contributed by atoms with van der Waals surface area (Å²) in [5, 5.41) is 3.81. The second-order valence-electron chi connectivity index (χ2n) is 7.03. The maximum atomic E-state index is 13.2. The number of hydrogen-bond donors (Lipinski definition) is 1. The van der Waals surface area contributed by atoms with Crippen LogP contribution < -0.4 is 10.1 Å². The number of nitrogens with zero attached hydrogens (tertiary/aromatic N) is 1. The van der Waals surface area contributed by atoms with E-state index in [9.17, 15) is 9.59 Å². The lowest BCUT2D eigenvalue weighted by Gasteiger charge is -2.31. The van der Waals surface area contributed by atoms with E-state index in [-0.39, 0.29) is 25.0 Å². The molecule has 0 spiro atoms. The van der Waals surface area contributed by atoms with E-state index in [4.69, 9.17) is 27.9 Å². The van der Waals surface area contributed by atoms with Gasteiger partial charge in [0.25, 0.3) is 5.91 Å². The molecule has 0 heterocycles. The number of unbranched alkanes of at least 4 members (excludes halogenated alkanes) is 1. The first kappa shape index (κ1) is 25.5. The Morgan fingerprint density at radius 2 is 1.74 bits per heavy atom. The second-order valence-corrected chi connectivity index (χ2v) is 8.76. The number of carbonyl (C=O) groups excluding carboxylic acids is 2. The van der Waals surface area contributed by atoms with E-state index in [0.29, 0.717) is 34.3 Å². The minimum atomic E-state index is -0.662. The fourth-order valence-corrected chi connectivity index (χ4v) is 3.82. The van der Waals surface area contributed by atoms with Crippen molar-refractivity contribution in [3.05, 3.63) is 62.5 Å². The van der Waals surface area contributed by atoms with Crippen molar-refractivity contribution in [2.45, 2.75) is 45.7 Å². The number of ether oxygens (including phenoxy) is 1. The van der Waals surface area contributed by atoms with Gasteiger partial charge in [0.1, 0.15) is 11.8 Å². The van der Waals surface area contributed by atoms with Crippen LogP contribution in [0.2, 0.25) is 10.0 Å². The average Bonchev–Trinajstić information content (AvgIpc) is 2.75. The molecule has 0 aliphatic rings. The molecule has 31 heavy (non-hydrogen) atoms. The summed E-state index contributed by atoms with van der Waals surface area (Å²) in [4.78, 5) is 27.5. The van der Waals surface area contributed by atoms with Gasteiger partial charge in [-0.25, -0.2) is 0 Å². The van der Waals surface area contributed by atoms with E-state index in [1.54, 1.807) is 30.3 Å². The molecule has 0 fully saturated rings. The lowest BCUT2D eigenvalue weighted by molar-refractivity contribution is -0.143. The van der Waals surface area contributed by atoms with E-state index in [2.05, 4.69) is 28.2 Å². The van der Waals surface area contributed by atoms with Crippen molar-refractivity contribution in [3.8, 4) is 5.75 Å². The summed E-state index contributed by atoms with van der Waals surface area (Å²) in [6.07, 6.45) is 2.29. The Kier molecular flexibility index (Phi) is 10.6. The molecular weight excluding hydrogens is 503 g/mol. The molecule has 5 nitrogen and oxygen atoms in total. The number of nitrogens with one attached hydrogen (secondary N) is 1. The summed E-state index contributed by atoms with van der Waals surface area (Å²) in [7, 11) is 0. The Labute approximate surface area is 202 Å². The van der Waals surface area contributed by atoms with Gasteiger partial charge in [0.2, 0.25) is 5.91 Å². The highest BCUT2D eigenvalue weighted by atomic mass is 79.9. The highest BCUT2D eigenvalue weighted by molar-refractivity contribution is 9.10. The van der Waals surface area contributed by atoms with Crippen molar-refractivity contribution in [1.29, 1.82) is 0 Å². The first-order chi connectivity index (χ1) is 14.9. The van der Waals surface area contributed by atoms with Gasteiger partial charge in [-0.15, -0.1) is 0 Å². The molecule has 0 aliphatic heterocycles. The van der Waals surface area contributed by atoms with Gasteiger partial charge >= 0.3 is 0 Å². The standard InChI is InChI=1S/C23H27BrCl2N2O3/c1-3-5-13-27-23(30)21(4-2)28(14-18-19(25)7-6-8-20(18)26)22(29)15-31-17-11-9-16(24)10-12-17/h6-12,21H,3-5,13-15H2,1-2H3,(H,27,30)/t21-/m0/s1. The normalized spacial score (nSPS) is 11.6. The van der Waals surface area contributed by atoms with Crippen molar-refractivity contribution < 1.29 is 14.3 Å². The van der Waals surface area contributed by atoms with Crippen LogP contribution in [0.1, 0.15) is 38.7 Å². The third-order valence-corrected chi connectivity index (χ3v) is 6.02. The minimum Gasteiger partial charge on any atom is -0.484 e. The molecule has 1 N–H and O–H groups in total. The molecule has 1 atom stereocenters. The van der Waals surface area contributed by atoms with Crippen molar-refractivity contribution in [1.82, 2.24) is 10.2 Å². The zero-order chi connectivity index (χ0) is 22.8. The third-order valence-electron chi connectivity index (χ3n) is 4.78. The summed E-state index contributed by atoms with van der Waals surface area (Å²) < 4.78 is 6.58. The van der Waals surface area contributed by atoms with E-state index in [1.807, 2.05) is 19.1 Å². The van der Waals surface area contributed by atoms with E-state index in [1.165, 1.54) is 4.90 Å². The van der Waals surface area contributed by atoms with Gasteiger partial charge in [-0.2, -0.15) is 0 Å². The lowest BCUT2D eigenvalue weighted by atomic mass is 10.1. The summed E-state index contributed by atoms with van der Waals surface area (Å²) in [5.74, 6) is 0.0419. The quantitative estimate of drug-likeness (QED) is 0.371. The molecule has 2 rings (SSSR count). The molecule has 2 aromatic carbocycles. The van der Waals surface area contributed by atoms with Gasteiger partial charge in [0.05, 0.1) is 0 Å². The Morgan fingerprint density at radius 1 is 1.10 bits per heavy atom. The largest absolute Gasteiger partial charge is 0.484 e. The fourth-order valence-electron chi connectivity index (χ4n) is 3.04. The Hall–Kier alpha value is -1.76. The SMILES string of the molecule is CCCCNC(=O)[C@H](CC)N(Cc1c(Cl)cccc1Cl)C(=O)COc1ccc(Br)cc1. The van der Waals surface area contributed by atoms with Crippen molar-refractivity contribution in [2.24, 2.45) is 0 Å². The maximum Gasteiger partial charge on any atom is 0.261 e. The molecule has 2 amide bonds. The van der Waals surface area contributed by atoms with Crippen LogP contribution in [0, 0.1) is 0 Å². The Morgan fingerprint density at radius 3 is 2.32 bits per heavy atom. The highest BCUT2D eigenvalue weighted by Crippen LogP contribution is 2.27. The summed E-state index contributed by atoms with van der Waals surface area (Å²) in [5.41, 5.74) is 0.600. The van der Waals surface area contributed by atoms with Crippen molar-refractivity contribution in [2.75, 3.05) is 13.2 Å². The van der Waals surface area contributed by atoms with Gasteiger partial charge in [-0.1, -0.05) is 65.5 Å². The second kappa shape index (κ2) is 12.9. The predicted octanol–water partition coefficient (Wildman–Crippen LogP) is 5.86. The monoisotopic (exact) mass is 528 g/mol. The molecule has 2 aromatic rings. The molecule has 0 aliphatic carbocycles. The molecule has 168 valence electrons. The average molecular weight is 530 g/mol. The van der Waals surface area contributed by atoms with E-state index in [0.717, 1.165) is 17.3 Å². The van der Waals surface area contributed by atoms with Crippen LogP contribution in [0.25, 0.3) is 0 Å². The number of halogens is 3. The molecule has 0 bridgehead atoms. The van der Waals surface area contributed by atoms with Gasteiger partial charge in [0.15, 0.2) is 6.61 Å². The first-order valence-corrected chi connectivity index (χ1v) is 11.8. The van der Waals surface area contributed by atoms with E-state index < -0.39 is 6.04 Å². The van der Waals surface area contributed by atoms with Gasteiger partial charge in [0, 0.05) is 33.2 Å². The number of hydrogen-bond acceptors (Lipinski definition) is 3. The summed E-state index contributed by atoms with van der Waals surface area (Å²) >= 11 is 16.0. The number of benzene rings is 2. The zero-order valence-electron chi connectivity index (χ0n) is 17.7. The van der Waals surface area contributed by atoms with Crippen LogP contribution in [0.3, 0.4) is 0 Å². The van der Waals surface area contributed by atoms with Gasteiger partial charge in [-0.3, -0.25) is 9.59 Å². The number of amides is 2. The molecule has 0 unspecified atom stereocenters. The lowest BCUT2D eigenvalue weighted by Crippen LogP contribution is -2.50. The van der Waals surface area contributed by atoms with Crippen molar-refractivity contribution in [3.63, 3.8) is 0 Å². The topological polar surface area (TPSA) is 58.6 Å². The zero-order valence-corrected chi connectivity index (χ0v) is 20.8. The van der Waals surface area contributed by atoms with Crippen LogP contribution in [0.15, 0.2) is 46.9 Å². The predicted molar refractivity (Wildman–Crippen MR) is 129 cm³/mol. The van der Waals surface area contributed by atoms with Crippen LogP contribution in [-0.4, -0.2) is 35.9 Å². The van der Waals surface area contributed by atoms with Gasteiger partial charge < -0.3 is 15.0 Å². The summed E-state index contributed by atoms with van der Waals surface area (Å²) in [6.45, 7) is 4.39. The van der Waals surface area contributed by atoms with Gasteiger partial charge in [-0.05, 0) is 49.2 Å². The Balaban J connectivity index is 2.23. The van der Waals surface area contributed by atoms with Crippen LogP contribution in [-0.2, 0) is 16.1 Å². The smallest absolute Gasteiger partial charge is 0.261 e. The first-order valence-electron chi connectivity index (χ1n) is 10.3. The van der Waals surface area contributed by atoms with Crippen molar-refractivity contribution >= 4 is 50.9 Å². The highest BCUT2D eigenvalue weighted by Gasteiger charge is 2.29. The Bertz CT molecular complexity index is 857. The molecule has 8 heteroatoms. The third kappa shape index (κ3) is 7.70. The maximum absolute atomic E-state index is 13.2. The van der Waals surface area contributed by atoms with Crippen LogP contribution in [0.5, 0.6) is 5.75 Å². The number of rotatable bonds is 11. The number of carbonyl (C=O) groups is 2. The van der Waals surface area contributed by atoms with Crippen LogP contribution >= 0.6 is 39.1 Å². The molecular formula is C23H27BrCl2N2O3. The summed E-state index contributed by atoms with van der Waals surface area (Å²) in [6, 6.07) is 11.7. The van der Waals surface area contributed by atoms with Crippen LogP contribution in [0.4, 0.5) is 0 Å². The molecule has 0 saturated carbocycles. The fraction of sp³-hybridized carbons (Fsp3) is 0.391.